The van der Waals surface area contributed by atoms with Crippen LogP contribution in [-0.2, 0) is 16.2 Å². The monoisotopic (exact) mass is 568 g/mol. The molecular weight excluding hydrogens is 528 g/mol. The van der Waals surface area contributed by atoms with Crippen LogP contribution in [0.25, 0.3) is 0 Å². The number of amides is 2. The van der Waals surface area contributed by atoms with Crippen LogP contribution in [0.15, 0.2) is 84.9 Å². The van der Waals surface area contributed by atoms with Gasteiger partial charge in [0.1, 0.15) is 6.04 Å². The summed E-state index contributed by atoms with van der Waals surface area (Å²) in [4.78, 5) is 33.9. The number of nitrogens with one attached hydrogen (secondary N) is 2. The second-order valence-corrected chi connectivity index (χ2v) is 10.6. The van der Waals surface area contributed by atoms with E-state index in [0.717, 1.165) is 29.8 Å². The van der Waals surface area contributed by atoms with E-state index in [1.54, 1.807) is 24.1 Å². The molecule has 0 aromatic heterocycles. The largest absolute Gasteiger partial charge is 0.393 e. The minimum atomic E-state index is -0.715. The molecule has 3 aromatic rings. The van der Waals surface area contributed by atoms with Gasteiger partial charge in [-0.05, 0) is 62.2 Å². The highest BCUT2D eigenvalue weighted by Gasteiger charge is 2.47. The van der Waals surface area contributed by atoms with Crippen molar-refractivity contribution in [1.82, 2.24) is 15.7 Å². The van der Waals surface area contributed by atoms with E-state index in [2.05, 4.69) is 39.5 Å². The van der Waals surface area contributed by atoms with Crippen LogP contribution in [0.2, 0.25) is 0 Å². The second-order valence-electron chi connectivity index (χ2n) is 10.6. The highest BCUT2D eigenvalue weighted by atomic mass is 16.7. The summed E-state index contributed by atoms with van der Waals surface area (Å²) in [5.41, 5.74) is 3.45. The zero-order chi connectivity index (χ0) is 29.9. The first-order valence-electron chi connectivity index (χ1n) is 14.4. The number of hydrogen-bond donors (Lipinski definition) is 3. The molecule has 220 valence electrons. The van der Waals surface area contributed by atoms with Gasteiger partial charge >= 0.3 is 0 Å². The fourth-order valence-electron chi connectivity index (χ4n) is 5.23. The van der Waals surface area contributed by atoms with Gasteiger partial charge in [-0.15, -0.1) is 0 Å². The van der Waals surface area contributed by atoms with Gasteiger partial charge < -0.3 is 20.6 Å². The van der Waals surface area contributed by atoms with Gasteiger partial charge in [0, 0.05) is 42.9 Å². The number of carbonyl (C=O) groups excluding carboxylic acids is 2. The molecule has 0 unspecified atom stereocenters. The molecule has 3 aromatic carbocycles. The van der Waals surface area contributed by atoms with Crippen LogP contribution in [0.5, 0.6) is 0 Å². The van der Waals surface area contributed by atoms with Gasteiger partial charge in [-0.2, -0.15) is 5.06 Å². The Balaban J connectivity index is 1.34. The van der Waals surface area contributed by atoms with Crippen LogP contribution >= 0.6 is 0 Å². The van der Waals surface area contributed by atoms with Crippen molar-refractivity contribution in [3.8, 4) is 11.8 Å². The van der Waals surface area contributed by atoms with Gasteiger partial charge in [-0.25, -0.2) is 0 Å². The van der Waals surface area contributed by atoms with E-state index in [0.29, 0.717) is 18.7 Å². The molecule has 1 aliphatic rings. The second kappa shape index (κ2) is 15.2. The van der Waals surface area contributed by atoms with E-state index in [-0.39, 0.29) is 30.4 Å². The number of aliphatic hydroxyl groups excluding tert-OH is 1. The number of para-hydroxylation sites is 1. The third kappa shape index (κ3) is 8.43. The molecule has 0 saturated carbocycles. The fourth-order valence-corrected chi connectivity index (χ4v) is 5.23. The SMILES string of the molecule is C[C@@H](O)[C@H]1[C@@H](C)ON(Cc2cccc(C#CCNC(=O)c3ccccc3)c2)[C@H]1C(=O)NCCCN(C)c1ccccc1. The molecule has 0 aliphatic carbocycles. The summed E-state index contributed by atoms with van der Waals surface area (Å²) >= 11 is 0. The molecule has 8 nitrogen and oxygen atoms in total. The fraction of sp³-hybridized carbons (Fsp3) is 0.353. The van der Waals surface area contributed by atoms with Gasteiger partial charge in [-0.3, -0.25) is 14.4 Å². The number of rotatable bonds is 11. The van der Waals surface area contributed by atoms with E-state index in [1.165, 1.54) is 0 Å². The average Bonchev–Trinajstić information content (AvgIpc) is 3.33. The molecular formula is C34H40N4O4. The minimum absolute atomic E-state index is 0.155. The molecule has 1 fully saturated rings. The number of carbonyl (C=O) groups is 2. The molecule has 2 amide bonds. The van der Waals surface area contributed by atoms with Gasteiger partial charge in [0.15, 0.2) is 0 Å². The van der Waals surface area contributed by atoms with Crippen LogP contribution in [0.1, 0.15) is 41.8 Å². The van der Waals surface area contributed by atoms with Crippen molar-refractivity contribution in [2.24, 2.45) is 5.92 Å². The van der Waals surface area contributed by atoms with Gasteiger partial charge in [-0.1, -0.05) is 60.4 Å². The molecule has 0 bridgehead atoms. The van der Waals surface area contributed by atoms with Crippen LogP contribution in [-0.4, -0.2) is 66.9 Å². The first-order valence-corrected chi connectivity index (χ1v) is 14.4. The van der Waals surface area contributed by atoms with Crippen molar-refractivity contribution >= 4 is 17.5 Å². The Hall–Kier alpha value is -4.16. The number of aliphatic hydroxyl groups is 1. The average molecular weight is 569 g/mol. The number of benzene rings is 3. The molecule has 0 spiro atoms. The van der Waals surface area contributed by atoms with E-state index in [4.69, 9.17) is 4.84 Å². The van der Waals surface area contributed by atoms with E-state index in [9.17, 15) is 14.7 Å². The smallest absolute Gasteiger partial charge is 0.252 e. The van der Waals surface area contributed by atoms with Gasteiger partial charge in [0.05, 0.1) is 25.3 Å². The van der Waals surface area contributed by atoms with Crippen molar-refractivity contribution in [1.29, 1.82) is 0 Å². The Kier molecular flexibility index (Phi) is 11.1. The normalized spacial score (nSPS) is 18.9. The van der Waals surface area contributed by atoms with Crippen LogP contribution < -0.4 is 15.5 Å². The highest BCUT2D eigenvalue weighted by Crippen LogP contribution is 2.32. The molecule has 0 radical (unpaired) electrons. The Morgan fingerprint density at radius 2 is 1.74 bits per heavy atom. The van der Waals surface area contributed by atoms with Crippen LogP contribution in [0.3, 0.4) is 0 Å². The van der Waals surface area contributed by atoms with Crippen molar-refractivity contribution in [2.75, 3.05) is 31.6 Å². The third-order valence-electron chi connectivity index (χ3n) is 7.38. The summed E-state index contributed by atoms with van der Waals surface area (Å²) in [6.07, 6.45) is -0.249. The first kappa shape index (κ1) is 30.8. The summed E-state index contributed by atoms with van der Waals surface area (Å²) in [7, 11) is 2.04. The van der Waals surface area contributed by atoms with Crippen molar-refractivity contribution in [3.63, 3.8) is 0 Å². The maximum atomic E-state index is 13.4. The molecule has 8 heteroatoms. The highest BCUT2D eigenvalue weighted by molar-refractivity contribution is 5.94. The molecule has 3 N–H and O–H groups in total. The maximum absolute atomic E-state index is 13.4. The third-order valence-corrected chi connectivity index (χ3v) is 7.38. The molecule has 42 heavy (non-hydrogen) atoms. The zero-order valence-electron chi connectivity index (χ0n) is 24.5. The summed E-state index contributed by atoms with van der Waals surface area (Å²) in [5, 5.41) is 18.1. The van der Waals surface area contributed by atoms with E-state index in [1.807, 2.05) is 74.6 Å². The quantitative estimate of drug-likeness (QED) is 0.242. The summed E-state index contributed by atoms with van der Waals surface area (Å²) in [5.74, 6) is 5.40. The standard InChI is InChI=1S/C34H40N4O4/c1-25(39)31-26(2)42-38(32(31)34(41)36-21-12-22-37(3)30-18-8-5-9-19-30)24-28-14-10-13-27(23-28)15-11-20-35-33(40)29-16-6-4-7-17-29/h4-10,13-14,16-19,23,25-26,31-32,39H,12,20-22,24H2,1-3H3,(H,35,40)(H,36,41)/t25-,26-,31+,32-/m1/s1. The van der Waals surface area contributed by atoms with Crippen LogP contribution in [0.4, 0.5) is 5.69 Å². The number of hydroxylamine groups is 2. The lowest BCUT2D eigenvalue weighted by atomic mass is 9.90. The molecule has 1 heterocycles. The summed E-state index contributed by atoms with van der Waals surface area (Å²) in [6.45, 7) is 5.50. The maximum Gasteiger partial charge on any atom is 0.252 e. The zero-order valence-corrected chi connectivity index (χ0v) is 24.5. The number of nitrogens with zero attached hydrogens (tertiary/aromatic N) is 2. The molecule has 4 rings (SSSR count). The van der Waals surface area contributed by atoms with Gasteiger partial charge in [0.2, 0.25) is 5.91 Å². The number of anilines is 1. The van der Waals surface area contributed by atoms with Crippen molar-refractivity contribution in [3.05, 3.63) is 102 Å². The summed E-state index contributed by atoms with van der Waals surface area (Å²) < 4.78 is 0. The minimum Gasteiger partial charge on any atom is -0.393 e. The Morgan fingerprint density at radius 3 is 2.45 bits per heavy atom. The van der Waals surface area contributed by atoms with Crippen LogP contribution in [0, 0.1) is 17.8 Å². The lowest BCUT2D eigenvalue weighted by Crippen LogP contribution is -2.49. The van der Waals surface area contributed by atoms with E-state index < -0.39 is 12.1 Å². The van der Waals surface area contributed by atoms with Crippen molar-refractivity contribution in [2.45, 2.75) is 45.1 Å². The van der Waals surface area contributed by atoms with Gasteiger partial charge in [0.25, 0.3) is 5.91 Å². The Morgan fingerprint density at radius 1 is 1.02 bits per heavy atom. The first-order chi connectivity index (χ1) is 20.3. The molecule has 1 aliphatic heterocycles. The lowest BCUT2D eigenvalue weighted by molar-refractivity contribution is -0.172. The number of hydrogen-bond acceptors (Lipinski definition) is 6. The Bertz CT molecular complexity index is 1370. The Labute approximate surface area is 248 Å². The molecule has 4 atom stereocenters. The molecule has 1 saturated heterocycles. The topological polar surface area (TPSA) is 94.1 Å². The predicted octanol–water partition coefficient (Wildman–Crippen LogP) is 3.61. The predicted molar refractivity (Wildman–Crippen MR) is 164 cm³/mol. The van der Waals surface area contributed by atoms with Crippen molar-refractivity contribution < 1.29 is 19.5 Å². The lowest BCUT2D eigenvalue weighted by Gasteiger charge is -2.26. The van der Waals surface area contributed by atoms with E-state index >= 15 is 0 Å². The summed E-state index contributed by atoms with van der Waals surface area (Å²) in [6, 6.07) is 26.2.